The Labute approximate surface area is 99.1 Å². The molecule has 0 amide bonds. The van der Waals surface area contributed by atoms with Crippen molar-refractivity contribution in [3.8, 4) is 5.75 Å². The van der Waals surface area contributed by atoms with Crippen LogP contribution in [0, 0.1) is 0 Å². The quantitative estimate of drug-likeness (QED) is 0.486. The van der Waals surface area contributed by atoms with E-state index in [0.29, 0.717) is 12.4 Å². The molecule has 0 saturated carbocycles. The zero-order valence-corrected chi connectivity index (χ0v) is 9.87. The number of phenols is 1. The van der Waals surface area contributed by atoms with Crippen LogP contribution in [-0.4, -0.2) is 23.4 Å². The van der Waals surface area contributed by atoms with Crippen LogP contribution in [0.15, 0.2) is 41.3 Å². The Balaban J connectivity index is 2.30. The topological polar surface area (TPSA) is 46.5 Å². The fourth-order valence-electron chi connectivity index (χ4n) is 1.02. The average molecular weight is 238 g/mol. The highest BCUT2D eigenvalue weighted by Crippen LogP contribution is 2.20. The van der Waals surface area contributed by atoms with Crippen LogP contribution in [0.1, 0.15) is 6.92 Å². The lowest BCUT2D eigenvalue weighted by Crippen LogP contribution is -1.98. The number of carbonyl (C=O) groups excluding carboxylic acids is 1. The van der Waals surface area contributed by atoms with E-state index in [2.05, 4.69) is 0 Å². The minimum absolute atomic E-state index is 0.256. The third-order valence-corrected chi connectivity index (χ3v) is 2.69. The zero-order chi connectivity index (χ0) is 11.8. The normalized spacial score (nSPS) is 10.6. The molecule has 0 atom stereocenters. The Kier molecular flexibility index (Phi) is 5.50. The van der Waals surface area contributed by atoms with Gasteiger partial charge in [0, 0.05) is 16.7 Å². The van der Waals surface area contributed by atoms with Crippen molar-refractivity contribution in [2.75, 3.05) is 12.4 Å². The summed E-state index contributed by atoms with van der Waals surface area (Å²) < 4.78 is 4.74. The van der Waals surface area contributed by atoms with Crippen molar-refractivity contribution in [1.82, 2.24) is 0 Å². The van der Waals surface area contributed by atoms with Crippen LogP contribution in [0.4, 0.5) is 0 Å². The highest BCUT2D eigenvalue weighted by atomic mass is 32.2. The molecule has 0 fully saturated rings. The van der Waals surface area contributed by atoms with Gasteiger partial charge >= 0.3 is 5.97 Å². The van der Waals surface area contributed by atoms with Gasteiger partial charge in [0.15, 0.2) is 0 Å². The summed E-state index contributed by atoms with van der Waals surface area (Å²) in [6.07, 6.45) is 3.19. The molecule has 1 rings (SSSR count). The number of aromatic hydroxyl groups is 1. The summed E-state index contributed by atoms with van der Waals surface area (Å²) >= 11 is 1.58. The molecule has 0 saturated heterocycles. The van der Waals surface area contributed by atoms with Crippen LogP contribution in [0.2, 0.25) is 0 Å². The molecule has 1 N–H and O–H groups in total. The van der Waals surface area contributed by atoms with Gasteiger partial charge in [-0.15, -0.1) is 11.8 Å². The van der Waals surface area contributed by atoms with E-state index in [1.54, 1.807) is 36.9 Å². The van der Waals surface area contributed by atoms with E-state index in [4.69, 9.17) is 9.84 Å². The van der Waals surface area contributed by atoms with Crippen LogP contribution in [-0.2, 0) is 9.53 Å². The standard InChI is InChI=1S/C12H14O3S/c1-2-15-12(14)4-3-9-16-11-7-5-10(13)6-8-11/h3-8,13H,2,9H2,1H3/b4-3+. The number of thioether (sulfide) groups is 1. The van der Waals surface area contributed by atoms with Crippen molar-refractivity contribution in [3.05, 3.63) is 36.4 Å². The summed E-state index contributed by atoms with van der Waals surface area (Å²) in [4.78, 5) is 12.0. The lowest BCUT2D eigenvalue weighted by molar-refractivity contribution is -0.137. The fourth-order valence-corrected chi connectivity index (χ4v) is 1.73. The van der Waals surface area contributed by atoms with Crippen molar-refractivity contribution in [2.45, 2.75) is 11.8 Å². The van der Waals surface area contributed by atoms with E-state index in [1.165, 1.54) is 6.08 Å². The number of carbonyl (C=O) groups is 1. The van der Waals surface area contributed by atoms with E-state index < -0.39 is 0 Å². The number of hydrogen-bond acceptors (Lipinski definition) is 4. The second-order valence-corrected chi connectivity index (χ2v) is 4.05. The first-order chi connectivity index (χ1) is 7.72. The van der Waals surface area contributed by atoms with E-state index in [0.717, 1.165) is 4.90 Å². The molecule has 86 valence electrons. The summed E-state index contributed by atoms with van der Waals surface area (Å²) in [6, 6.07) is 6.94. The van der Waals surface area contributed by atoms with E-state index >= 15 is 0 Å². The van der Waals surface area contributed by atoms with Gasteiger partial charge in [0.2, 0.25) is 0 Å². The minimum atomic E-state index is -0.311. The van der Waals surface area contributed by atoms with E-state index in [1.807, 2.05) is 12.1 Å². The Bertz CT molecular complexity index is 357. The number of ether oxygens (including phenoxy) is 1. The van der Waals surface area contributed by atoms with Crippen LogP contribution in [0.25, 0.3) is 0 Å². The summed E-state index contributed by atoms with van der Waals surface area (Å²) in [5, 5.41) is 9.08. The summed E-state index contributed by atoms with van der Waals surface area (Å²) in [7, 11) is 0. The molecule has 3 nitrogen and oxygen atoms in total. The minimum Gasteiger partial charge on any atom is -0.508 e. The average Bonchev–Trinajstić information content (AvgIpc) is 2.27. The number of esters is 1. The molecule has 0 spiro atoms. The summed E-state index contributed by atoms with van der Waals surface area (Å²) in [6.45, 7) is 2.17. The molecule has 0 bridgehead atoms. The fraction of sp³-hybridized carbons (Fsp3) is 0.250. The molecule has 0 heterocycles. The Morgan fingerprint density at radius 3 is 2.75 bits per heavy atom. The first-order valence-electron chi connectivity index (χ1n) is 4.97. The highest BCUT2D eigenvalue weighted by Gasteiger charge is 1.94. The molecular weight excluding hydrogens is 224 g/mol. The summed E-state index contributed by atoms with van der Waals surface area (Å²) in [5.41, 5.74) is 0. The van der Waals surface area contributed by atoms with Gasteiger partial charge in [-0.25, -0.2) is 4.79 Å². The first kappa shape index (κ1) is 12.6. The molecule has 0 radical (unpaired) electrons. The molecule has 0 aliphatic heterocycles. The van der Waals surface area contributed by atoms with Crippen molar-refractivity contribution in [2.24, 2.45) is 0 Å². The monoisotopic (exact) mass is 238 g/mol. The maximum absolute atomic E-state index is 10.9. The van der Waals surface area contributed by atoms with Crippen LogP contribution in [0.5, 0.6) is 5.75 Å². The van der Waals surface area contributed by atoms with Gasteiger partial charge < -0.3 is 9.84 Å². The Morgan fingerprint density at radius 1 is 1.44 bits per heavy atom. The van der Waals surface area contributed by atoms with Gasteiger partial charge in [-0.05, 0) is 31.2 Å². The van der Waals surface area contributed by atoms with Crippen LogP contribution >= 0.6 is 11.8 Å². The van der Waals surface area contributed by atoms with Crippen LogP contribution < -0.4 is 0 Å². The highest BCUT2D eigenvalue weighted by molar-refractivity contribution is 7.99. The molecule has 4 heteroatoms. The van der Waals surface area contributed by atoms with Gasteiger partial charge in [-0.1, -0.05) is 6.08 Å². The van der Waals surface area contributed by atoms with E-state index in [-0.39, 0.29) is 11.7 Å². The molecule has 1 aromatic rings. The maximum atomic E-state index is 10.9. The second kappa shape index (κ2) is 6.95. The molecule has 0 aliphatic rings. The smallest absolute Gasteiger partial charge is 0.330 e. The van der Waals surface area contributed by atoms with Crippen molar-refractivity contribution in [1.29, 1.82) is 0 Å². The Hall–Kier alpha value is -1.42. The SMILES string of the molecule is CCOC(=O)/C=C/CSc1ccc(O)cc1. The molecule has 16 heavy (non-hydrogen) atoms. The largest absolute Gasteiger partial charge is 0.508 e. The van der Waals surface area contributed by atoms with Gasteiger partial charge in [0.25, 0.3) is 0 Å². The number of hydrogen-bond donors (Lipinski definition) is 1. The van der Waals surface area contributed by atoms with Crippen molar-refractivity contribution >= 4 is 17.7 Å². The molecular formula is C12H14O3S. The Morgan fingerprint density at radius 2 is 2.12 bits per heavy atom. The zero-order valence-electron chi connectivity index (χ0n) is 9.05. The van der Waals surface area contributed by atoms with E-state index in [9.17, 15) is 4.79 Å². The van der Waals surface area contributed by atoms with Crippen molar-refractivity contribution in [3.63, 3.8) is 0 Å². The molecule has 1 aromatic carbocycles. The predicted molar refractivity (Wildman–Crippen MR) is 64.6 cm³/mol. The molecule has 0 aromatic heterocycles. The molecule has 0 aliphatic carbocycles. The second-order valence-electron chi connectivity index (χ2n) is 2.96. The summed E-state index contributed by atoms with van der Waals surface area (Å²) in [5.74, 6) is 0.643. The van der Waals surface area contributed by atoms with Gasteiger partial charge in [0.1, 0.15) is 5.75 Å². The van der Waals surface area contributed by atoms with Gasteiger partial charge in [-0.2, -0.15) is 0 Å². The van der Waals surface area contributed by atoms with Gasteiger partial charge in [0.05, 0.1) is 6.61 Å². The molecule has 0 unspecified atom stereocenters. The number of phenolic OH excluding ortho intramolecular Hbond substituents is 1. The maximum Gasteiger partial charge on any atom is 0.330 e. The third-order valence-electron chi connectivity index (χ3n) is 1.72. The van der Waals surface area contributed by atoms with Crippen LogP contribution in [0.3, 0.4) is 0 Å². The van der Waals surface area contributed by atoms with Gasteiger partial charge in [-0.3, -0.25) is 0 Å². The third kappa shape index (κ3) is 4.89. The number of rotatable bonds is 5. The lowest BCUT2D eigenvalue weighted by Gasteiger charge is -1.98. The predicted octanol–water partition coefficient (Wildman–Crippen LogP) is 2.60. The number of benzene rings is 1. The first-order valence-corrected chi connectivity index (χ1v) is 5.96. The van der Waals surface area contributed by atoms with Crippen molar-refractivity contribution < 1.29 is 14.6 Å². The lowest BCUT2D eigenvalue weighted by atomic mass is 10.3.